The van der Waals surface area contributed by atoms with Gasteiger partial charge < -0.3 is 9.64 Å². The lowest BCUT2D eigenvalue weighted by atomic mass is 9.95. The summed E-state index contributed by atoms with van der Waals surface area (Å²) in [5, 5.41) is 2.35. The van der Waals surface area contributed by atoms with Gasteiger partial charge in [0, 0.05) is 30.9 Å². The molecule has 3 rings (SSSR count). The Labute approximate surface area is 136 Å². The number of ether oxygens (including phenoxy) is 1. The van der Waals surface area contributed by atoms with Gasteiger partial charge in [-0.25, -0.2) is 4.79 Å². The molecule has 120 valence electrons. The number of benzene rings is 1. The quantitative estimate of drug-likeness (QED) is 0.790. The van der Waals surface area contributed by atoms with Crippen LogP contribution in [0.3, 0.4) is 0 Å². The minimum Gasteiger partial charge on any atom is -0.444 e. The first-order valence-electron chi connectivity index (χ1n) is 7.94. The molecule has 4 nitrogen and oxygen atoms in total. The highest BCUT2D eigenvalue weighted by Gasteiger charge is 2.24. The minimum atomic E-state index is -0.456. The number of pyridine rings is 1. The van der Waals surface area contributed by atoms with Gasteiger partial charge in [-0.2, -0.15) is 0 Å². The molecular formula is C19H22N2O2. The fraction of sp³-hybridized carbons (Fsp3) is 0.368. The number of fused-ring (bicyclic) bond motifs is 1. The number of hydrogen-bond donors (Lipinski definition) is 0. The number of nitrogens with zero attached hydrogens (tertiary/aromatic N) is 2. The van der Waals surface area contributed by atoms with Gasteiger partial charge in [0.15, 0.2) is 0 Å². The topological polar surface area (TPSA) is 42.4 Å². The van der Waals surface area contributed by atoms with Crippen LogP contribution >= 0.6 is 0 Å². The lowest BCUT2D eigenvalue weighted by Gasteiger charge is -2.29. The summed E-state index contributed by atoms with van der Waals surface area (Å²) >= 11 is 0. The van der Waals surface area contributed by atoms with Crippen molar-refractivity contribution in [1.82, 2.24) is 9.88 Å². The van der Waals surface area contributed by atoms with E-state index in [1.54, 1.807) is 4.90 Å². The number of amides is 1. The second-order valence-corrected chi connectivity index (χ2v) is 6.81. The number of carbonyl (C=O) groups is 1. The van der Waals surface area contributed by atoms with Crippen molar-refractivity contribution >= 4 is 22.4 Å². The Morgan fingerprint density at radius 1 is 1.26 bits per heavy atom. The van der Waals surface area contributed by atoms with E-state index >= 15 is 0 Å². The number of rotatable bonds is 1. The Morgan fingerprint density at radius 3 is 2.78 bits per heavy atom. The van der Waals surface area contributed by atoms with Gasteiger partial charge in [-0.05, 0) is 49.8 Å². The monoisotopic (exact) mass is 310 g/mol. The van der Waals surface area contributed by atoms with E-state index in [0.29, 0.717) is 13.1 Å². The fourth-order valence-electron chi connectivity index (χ4n) is 2.80. The molecule has 1 aromatic heterocycles. The van der Waals surface area contributed by atoms with Crippen LogP contribution in [-0.2, 0) is 4.74 Å². The third-order valence-electron chi connectivity index (χ3n) is 3.89. The molecule has 0 atom stereocenters. The minimum absolute atomic E-state index is 0.243. The smallest absolute Gasteiger partial charge is 0.410 e. The highest BCUT2D eigenvalue weighted by atomic mass is 16.6. The molecule has 0 N–H and O–H groups in total. The average molecular weight is 310 g/mol. The van der Waals surface area contributed by atoms with Crippen molar-refractivity contribution in [1.29, 1.82) is 0 Å². The number of hydrogen-bond acceptors (Lipinski definition) is 3. The summed E-state index contributed by atoms with van der Waals surface area (Å²) in [6.07, 6.45) is 6.42. The molecule has 1 amide bonds. The summed E-state index contributed by atoms with van der Waals surface area (Å²) in [6.45, 7) is 6.93. The molecule has 0 saturated carbocycles. The summed E-state index contributed by atoms with van der Waals surface area (Å²) in [7, 11) is 0. The maximum absolute atomic E-state index is 12.1. The molecule has 1 aliphatic heterocycles. The van der Waals surface area contributed by atoms with Crippen LogP contribution in [-0.4, -0.2) is 34.7 Å². The van der Waals surface area contributed by atoms with Gasteiger partial charge in [0.25, 0.3) is 0 Å². The molecular weight excluding hydrogens is 288 g/mol. The van der Waals surface area contributed by atoms with Crippen LogP contribution in [0.2, 0.25) is 0 Å². The first-order valence-corrected chi connectivity index (χ1v) is 7.94. The van der Waals surface area contributed by atoms with Crippen LogP contribution in [0, 0.1) is 0 Å². The highest BCUT2D eigenvalue weighted by molar-refractivity contribution is 5.93. The largest absolute Gasteiger partial charge is 0.444 e. The predicted octanol–water partition coefficient (Wildman–Crippen LogP) is 4.26. The van der Waals surface area contributed by atoms with Crippen molar-refractivity contribution in [3.8, 4) is 0 Å². The standard InChI is InChI=1S/C19H22N2O2/c1-19(2,3)23-18(22)21-11-8-15(9-12-21)16-6-4-5-14-7-10-20-13-17(14)16/h4-8,10,13H,9,11-12H2,1-3H3. The van der Waals surface area contributed by atoms with Crippen molar-refractivity contribution in [2.24, 2.45) is 0 Å². The highest BCUT2D eigenvalue weighted by Crippen LogP contribution is 2.29. The second-order valence-electron chi connectivity index (χ2n) is 6.81. The van der Waals surface area contributed by atoms with Crippen LogP contribution in [0.1, 0.15) is 32.8 Å². The molecule has 23 heavy (non-hydrogen) atoms. The van der Waals surface area contributed by atoms with E-state index in [0.717, 1.165) is 11.8 Å². The van der Waals surface area contributed by atoms with Gasteiger partial charge in [0.05, 0.1) is 0 Å². The molecule has 0 aliphatic carbocycles. The molecule has 1 aromatic carbocycles. The number of aromatic nitrogens is 1. The van der Waals surface area contributed by atoms with Crippen molar-refractivity contribution in [2.45, 2.75) is 32.8 Å². The molecule has 0 saturated heterocycles. The Balaban J connectivity index is 1.80. The Hall–Kier alpha value is -2.36. The second kappa shape index (κ2) is 6.03. The summed E-state index contributed by atoms with van der Waals surface area (Å²) < 4.78 is 5.44. The zero-order chi connectivity index (χ0) is 16.4. The van der Waals surface area contributed by atoms with Crippen molar-refractivity contribution < 1.29 is 9.53 Å². The summed E-state index contributed by atoms with van der Waals surface area (Å²) in [5.74, 6) is 0. The normalized spacial score (nSPS) is 15.4. The molecule has 0 spiro atoms. The maximum atomic E-state index is 12.1. The molecule has 4 heteroatoms. The molecule has 0 unspecified atom stereocenters. The van der Waals surface area contributed by atoms with Crippen LogP contribution < -0.4 is 0 Å². The van der Waals surface area contributed by atoms with E-state index in [2.05, 4.69) is 29.3 Å². The van der Waals surface area contributed by atoms with Crippen LogP contribution in [0.5, 0.6) is 0 Å². The van der Waals surface area contributed by atoms with Crippen molar-refractivity contribution in [2.75, 3.05) is 13.1 Å². The lowest BCUT2D eigenvalue weighted by Crippen LogP contribution is -2.39. The first kappa shape index (κ1) is 15.5. The van der Waals surface area contributed by atoms with E-state index in [9.17, 15) is 4.79 Å². The molecule has 0 radical (unpaired) electrons. The van der Waals surface area contributed by atoms with E-state index in [1.807, 2.05) is 39.2 Å². The molecule has 0 fully saturated rings. The van der Waals surface area contributed by atoms with Crippen molar-refractivity contribution in [3.63, 3.8) is 0 Å². The molecule has 2 heterocycles. The van der Waals surface area contributed by atoms with Gasteiger partial charge in [-0.15, -0.1) is 0 Å². The van der Waals surface area contributed by atoms with Crippen LogP contribution in [0.4, 0.5) is 4.79 Å². The zero-order valence-corrected chi connectivity index (χ0v) is 13.9. The molecule has 0 bridgehead atoms. The summed E-state index contributed by atoms with van der Waals surface area (Å²) in [4.78, 5) is 18.1. The maximum Gasteiger partial charge on any atom is 0.410 e. The Kier molecular flexibility index (Phi) is 4.07. The zero-order valence-electron chi connectivity index (χ0n) is 13.9. The van der Waals surface area contributed by atoms with Crippen LogP contribution in [0.25, 0.3) is 16.3 Å². The first-order chi connectivity index (χ1) is 10.9. The Morgan fingerprint density at radius 2 is 2.09 bits per heavy atom. The lowest BCUT2D eigenvalue weighted by molar-refractivity contribution is 0.0270. The van der Waals surface area contributed by atoms with Gasteiger partial charge in [0.1, 0.15) is 5.60 Å². The SMILES string of the molecule is CC(C)(C)OC(=O)N1CC=C(c2cccc3ccncc23)CC1. The van der Waals surface area contributed by atoms with Crippen molar-refractivity contribution in [3.05, 3.63) is 48.3 Å². The third kappa shape index (κ3) is 3.52. The van der Waals surface area contributed by atoms with Gasteiger partial charge >= 0.3 is 6.09 Å². The van der Waals surface area contributed by atoms with Gasteiger partial charge in [-0.1, -0.05) is 24.3 Å². The summed E-state index contributed by atoms with van der Waals surface area (Å²) in [6, 6.07) is 8.31. The van der Waals surface area contributed by atoms with E-state index in [4.69, 9.17) is 4.74 Å². The average Bonchev–Trinajstić information content (AvgIpc) is 2.53. The van der Waals surface area contributed by atoms with Gasteiger partial charge in [-0.3, -0.25) is 4.98 Å². The van der Waals surface area contributed by atoms with Crippen LogP contribution in [0.15, 0.2) is 42.7 Å². The molecule has 2 aromatic rings. The van der Waals surface area contributed by atoms with E-state index in [-0.39, 0.29) is 6.09 Å². The van der Waals surface area contributed by atoms with E-state index < -0.39 is 5.60 Å². The third-order valence-corrected chi connectivity index (χ3v) is 3.89. The van der Waals surface area contributed by atoms with E-state index in [1.165, 1.54) is 16.5 Å². The predicted molar refractivity (Wildman–Crippen MR) is 92.1 cm³/mol. The number of carbonyl (C=O) groups excluding carboxylic acids is 1. The summed E-state index contributed by atoms with van der Waals surface area (Å²) in [5.41, 5.74) is 2.02. The Bertz CT molecular complexity index is 754. The molecule has 1 aliphatic rings. The van der Waals surface area contributed by atoms with Gasteiger partial charge in [0.2, 0.25) is 0 Å². The fourth-order valence-corrected chi connectivity index (χ4v) is 2.80.